The van der Waals surface area contributed by atoms with Crippen LogP contribution in [0.3, 0.4) is 0 Å². The van der Waals surface area contributed by atoms with Crippen molar-refractivity contribution >= 4 is 17.8 Å². The maximum absolute atomic E-state index is 12.0. The third-order valence-corrected chi connectivity index (χ3v) is 3.73. The lowest BCUT2D eigenvalue weighted by atomic mass is 10.1. The summed E-state index contributed by atoms with van der Waals surface area (Å²) < 4.78 is 5.56. The second-order valence-electron chi connectivity index (χ2n) is 6.11. The highest BCUT2D eigenvalue weighted by atomic mass is 16.5. The zero-order chi connectivity index (χ0) is 22.4. The number of rotatable bonds is 9. The lowest BCUT2D eigenvalue weighted by Crippen LogP contribution is -2.40. The van der Waals surface area contributed by atoms with Gasteiger partial charge in [0.05, 0.1) is 6.10 Å². The van der Waals surface area contributed by atoms with Crippen LogP contribution >= 0.6 is 0 Å². The molecular weight excluding hydrogens is 392 g/mol. The zero-order valence-electron chi connectivity index (χ0n) is 16.5. The van der Waals surface area contributed by atoms with Crippen molar-refractivity contribution in [1.82, 2.24) is 10.6 Å². The van der Waals surface area contributed by atoms with Crippen LogP contribution in [-0.4, -0.2) is 58.9 Å². The summed E-state index contributed by atoms with van der Waals surface area (Å²) in [7, 11) is 0. The molecule has 30 heavy (non-hydrogen) atoms. The lowest BCUT2D eigenvalue weighted by Gasteiger charge is -2.15. The van der Waals surface area contributed by atoms with Gasteiger partial charge in [-0.2, -0.15) is 0 Å². The van der Waals surface area contributed by atoms with E-state index >= 15 is 0 Å². The first kappa shape index (κ1) is 24.6. The molecule has 9 nitrogen and oxygen atoms in total. The number of hydrogen-bond donors (Lipinski definition) is 5. The number of carbonyl (C=O) groups is 3. The van der Waals surface area contributed by atoms with Gasteiger partial charge in [0.1, 0.15) is 5.75 Å². The van der Waals surface area contributed by atoms with E-state index in [2.05, 4.69) is 10.6 Å². The van der Waals surface area contributed by atoms with E-state index in [1.807, 2.05) is 60.7 Å². The maximum atomic E-state index is 12.0. The quantitative estimate of drug-likeness (QED) is 0.300. The minimum Gasteiger partial charge on any atom is -0.481 e. The van der Waals surface area contributed by atoms with Gasteiger partial charge in [0.25, 0.3) is 5.91 Å². The molecule has 0 heterocycles. The van der Waals surface area contributed by atoms with Crippen molar-refractivity contribution < 1.29 is 34.4 Å². The highest BCUT2D eigenvalue weighted by Gasteiger charge is 2.13. The highest BCUT2D eigenvalue weighted by molar-refractivity contribution is 6.27. The molecule has 0 aliphatic heterocycles. The van der Waals surface area contributed by atoms with Crippen molar-refractivity contribution in [2.75, 3.05) is 19.6 Å². The molecule has 0 aliphatic rings. The van der Waals surface area contributed by atoms with E-state index in [0.29, 0.717) is 25.4 Å². The number of carbonyl (C=O) groups excluding carboxylic acids is 1. The average molecular weight is 418 g/mol. The van der Waals surface area contributed by atoms with Gasteiger partial charge < -0.3 is 30.7 Å². The van der Waals surface area contributed by atoms with Gasteiger partial charge in [0.15, 0.2) is 6.10 Å². The van der Waals surface area contributed by atoms with E-state index in [-0.39, 0.29) is 5.91 Å². The molecule has 1 amide bonds. The van der Waals surface area contributed by atoms with E-state index in [0.717, 1.165) is 5.56 Å². The van der Waals surface area contributed by atoms with Gasteiger partial charge in [-0.05, 0) is 24.6 Å². The van der Waals surface area contributed by atoms with Gasteiger partial charge >= 0.3 is 11.9 Å². The predicted octanol–water partition coefficient (Wildman–Crippen LogP) is 1.05. The third kappa shape index (κ3) is 10.2. The van der Waals surface area contributed by atoms with E-state index < -0.39 is 24.1 Å². The predicted molar refractivity (Wildman–Crippen MR) is 109 cm³/mol. The molecule has 0 spiro atoms. The molecule has 2 aromatic rings. The molecule has 0 aromatic heterocycles. The van der Waals surface area contributed by atoms with Crippen LogP contribution in [0.2, 0.25) is 0 Å². The Morgan fingerprint density at radius 3 is 1.97 bits per heavy atom. The normalized spacial score (nSPS) is 11.9. The number of carboxylic acid groups (broad SMARTS) is 2. The number of aliphatic carboxylic acids is 2. The minimum absolute atomic E-state index is 0.163. The number of aliphatic hydroxyl groups excluding tert-OH is 1. The molecule has 0 aliphatic carbocycles. The fraction of sp³-hybridized carbons (Fsp3) is 0.286. The second-order valence-corrected chi connectivity index (χ2v) is 6.11. The van der Waals surface area contributed by atoms with Crippen LogP contribution in [-0.2, 0) is 14.4 Å². The molecule has 9 heteroatoms. The Hall–Kier alpha value is -3.43. The van der Waals surface area contributed by atoms with E-state index in [1.54, 1.807) is 6.92 Å². The number of para-hydroxylation sites is 1. The van der Waals surface area contributed by atoms with Crippen LogP contribution in [0.15, 0.2) is 60.7 Å². The van der Waals surface area contributed by atoms with E-state index in [4.69, 9.17) is 24.5 Å². The molecule has 2 aromatic carbocycles. The fourth-order valence-corrected chi connectivity index (χ4v) is 2.21. The molecule has 0 saturated heterocycles. The summed E-state index contributed by atoms with van der Waals surface area (Å²) in [6.07, 6.45) is -1.11. The molecule has 0 saturated carbocycles. The molecule has 2 rings (SSSR count). The van der Waals surface area contributed by atoms with Crippen LogP contribution in [0.25, 0.3) is 0 Å². The molecular formula is C21H26N2O7. The van der Waals surface area contributed by atoms with Gasteiger partial charge in [-0.3, -0.25) is 4.79 Å². The smallest absolute Gasteiger partial charge is 0.414 e. The monoisotopic (exact) mass is 418 g/mol. The number of hydrogen-bond acceptors (Lipinski definition) is 6. The van der Waals surface area contributed by atoms with Crippen LogP contribution in [0, 0.1) is 0 Å². The summed E-state index contributed by atoms with van der Waals surface area (Å²) in [5, 5.41) is 30.7. The van der Waals surface area contributed by atoms with Gasteiger partial charge in [-0.1, -0.05) is 48.5 Å². The van der Waals surface area contributed by atoms with Gasteiger partial charge in [-0.25, -0.2) is 9.59 Å². The SMILES string of the molecule is CC(Oc1ccccc1)C(=O)NCCNCC(O)c1ccccc1.O=C(O)C(=O)O. The van der Waals surface area contributed by atoms with E-state index in [1.165, 1.54) is 0 Å². The third-order valence-electron chi connectivity index (χ3n) is 3.73. The molecule has 0 bridgehead atoms. The number of ether oxygens (including phenoxy) is 1. The minimum atomic E-state index is -1.82. The van der Waals surface area contributed by atoms with Gasteiger partial charge in [0.2, 0.25) is 0 Å². The van der Waals surface area contributed by atoms with Crippen LogP contribution in [0.5, 0.6) is 5.75 Å². The largest absolute Gasteiger partial charge is 0.481 e. The number of aliphatic hydroxyl groups is 1. The Labute approximate surface area is 174 Å². The standard InChI is InChI=1S/C19H24N2O3.C2H2O4/c1-15(24-17-10-6-3-7-11-17)19(23)21-13-12-20-14-18(22)16-8-4-2-5-9-16;3-1(4)2(5)6/h2-11,15,18,20,22H,12-14H2,1H3,(H,21,23);(H,3,4)(H,5,6). The number of carboxylic acids is 2. The first-order valence-corrected chi connectivity index (χ1v) is 9.20. The molecule has 162 valence electrons. The molecule has 5 N–H and O–H groups in total. The van der Waals surface area contributed by atoms with Crippen molar-refractivity contribution in [3.63, 3.8) is 0 Å². The number of nitrogens with one attached hydrogen (secondary N) is 2. The summed E-state index contributed by atoms with van der Waals surface area (Å²) in [6, 6.07) is 18.7. The fourth-order valence-electron chi connectivity index (χ4n) is 2.21. The van der Waals surface area contributed by atoms with Crippen molar-refractivity contribution in [3.8, 4) is 5.75 Å². The average Bonchev–Trinajstić information content (AvgIpc) is 2.74. The summed E-state index contributed by atoms with van der Waals surface area (Å²) >= 11 is 0. The van der Waals surface area contributed by atoms with E-state index in [9.17, 15) is 9.90 Å². The molecule has 2 atom stereocenters. The van der Waals surface area contributed by atoms with Gasteiger partial charge in [-0.15, -0.1) is 0 Å². The Balaban J connectivity index is 0.000000656. The van der Waals surface area contributed by atoms with Crippen molar-refractivity contribution in [2.45, 2.75) is 19.1 Å². The maximum Gasteiger partial charge on any atom is 0.414 e. The van der Waals surface area contributed by atoms with Crippen LogP contribution in [0.4, 0.5) is 0 Å². The van der Waals surface area contributed by atoms with Crippen LogP contribution in [0.1, 0.15) is 18.6 Å². The van der Waals surface area contributed by atoms with Crippen LogP contribution < -0.4 is 15.4 Å². The molecule has 0 radical (unpaired) electrons. The first-order chi connectivity index (χ1) is 14.3. The second kappa shape index (κ2) is 13.7. The Morgan fingerprint density at radius 1 is 0.900 bits per heavy atom. The van der Waals surface area contributed by atoms with Gasteiger partial charge in [0, 0.05) is 19.6 Å². The first-order valence-electron chi connectivity index (χ1n) is 9.20. The summed E-state index contributed by atoms with van der Waals surface area (Å²) in [4.78, 5) is 30.2. The summed E-state index contributed by atoms with van der Waals surface area (Å²) in [6.45, 7) is 3.21. The topological polar surface area (TPSA) is 145 Å². The Kier molecular flexibility index (Phi) is 11.2. The Bertz CT molecular complexity index is 772. The lowest BCUT2D eigenvalue weighted by molar-refractivity contribution is -0.159. The summed E-state index contributed by atoms with van der Waals surface area (Å²) in [5.41, 5.74) is 0.874. The number of amides is 1. The summed E-state index contributed by atoms with van der Waals surface area (Å²) in [5.74, 6) is -3.14. The van der Waals surface area contributed by atoms with Crippen molar-refractivity contribution in [1.29, 1.82) is 0 Å². The Morgan fingerprint density at radius 2 is 1.43 bits per heavy atom. The van der Waals surface area contributed by atoms with Crippen molar-refractivity contribution in [2.24, 2.45) is 0 Å². The molecule has 2 unspecified atom stereocenters. The number of benzene rings is 2. The highest BCUT2D eigenvalue weighted by Crippen LogP contribution is 2.11. The zero-order valence-corrected chi connectivity index (χ0v) is 16.5. The van der Waals surface area contributed by atoms with Crippen molar-refractivity contribution in [3.05, 3.63) is 66.2 Å². The molecule has 0 fully saturated rings.